The summed E-state index contributed by atoms with van der Waals surface area (Å²) < 4.78 is 1.62. The highest BCUT2D eigenvalue weighted by Crippen LogP contribution is 2.13. The number of nitrogens with one attached hydrogen (secondary N) is 2. The summed E-state index contributed by atoms with van der Waals surface area (Å²) in [6.45, 7) is 0. The number of rotatable bonds is 3. The van der Waals surface area contributed by atoms with E-state index in [9.17, 15) is 9.59 Å². The van der Waals surface area contributed by atoms with Gasteiger partial charge >= 0.3 is 0 Å². The Morgan fingerprint density at radius 3 is 2.67 bits per heavy atom. The molecule has 8 nitrogen and oxygen atoms in total. The molecule has 1 aliphatic heterocycles. The van der Waals surface area contributed by atoms with Crippen molar-refractivity contribution in [1.29, 1.82) is 0 Å². The van der Waals surface area contributed by atoms with Crippen LogP contribution in [0.25, 0.3) is 5.69 Å². The molecule has 21 heavy (non-hydrogen) atoms. The molecule has 0 unspecified atom stereocenters. The number of nitrogens with zero attached hydrogens (tertiary/aromatic N) is 4. The van der Waals surface area contributed by atoms with Crippen LogP contribution in [0, 0.1) is 0 Å². The number of hydrogen-bond donors (Lipinski definition) is 2. The minimum absolute atomic E-state index is 0.177. The third-order valence-corrected chi connectivity index (χ3v) is 2.97. The normalized spacial score (nSPS) is 14.3. The van der Waals surface area contributed by atoms with Crippen LogP contribution in [-0.2, 0) is 9.59 Å². The second kappa shape index (κ2) is 5.53. The van der Waals surface area contributed by atoms with Gasteiger partial charge in [-0.25, -0.2) is 15.1 Å². The third kappa shape index (κ3) is 2.94. The molecule has 0 atom stereocenters. The standard InChI is InChI=1S/C13H12N6O2/c20-12-6-5-11(17-18-12)13(21)16-9-1-3-10(4-2-9)19-8-14-7-15-19/h1-4,7-8H,5-6H2,(H,16,21)(H,18,20). The van der Waals surface area contributed by atoms with E-state index >= 15 is 0 Å². The molecule has 0 spiro atoms. The van der Waals surface area contributed by atoms with Gasteiger partial charge in [0, 0.05) is 18.5 Å². The average molecular weight is 284 g/mol. The van der Waals surface area contributed by atoms with Gasteiger partial charge < -0.3 is 5.32 Å². The van der Waals surface area contributed by atoms with Gasteiger partial charge in [0.2, 0.25) is 5.91 Å². The van der Waals surface area contributed by atoms with Crippen molar-refractivity contribution in [3.8, 4) is 5.69 Å². The lowest BCUT2D eigenvalue weighted by Crippen LogP contribution is -2.32. The predicted molar refractivity (Wildman–Crippen MR) is 74.8 cm³/mol. The van der Waals surface area contributed by atoms with Crippen LogP contribution in [0.15, 0.2) is 42.0 Å². The quantitative estimate of drug-likeness (QED) is 0.855. The first-order chi connectivity index (χ1) is 10.2. The van der Waals surface area contributed by atoms with E-state index in [4.69, 9.17) is 0 Å². The summed E-state index contributed by atoms with van der Waals surface area (Å²) in [7, 11) is 0. The molecule has 3 rings (SSSR count). The van der Waals surface area contributed by atoms with E-state index < -0.39 is 0 Å². The molecule has 2 N–H and O–H groups in total. The first-order valence-electron chi connectivity index (χ1n) is 6.34. The van der Waals surface area contributed by atoms with Crippen LogP contribution < -0.4 is 10.7 Å². The number of hydrogen-bond acceptors (Lipinski definition) is 5. The predicted octanol–water partition coefficient (Wildman–Crippen LogP) is 0.472. The van der Waals surface area contributed by atoms with Crippen molar-refractivity contribution in [3.05, 3.63) is 36.9 Å². The molecule has 0 fully saturated rings. The Balaban J connectivity index is 1.68. The maximum Gasteiger partial charge on any atom is 0.271 e. The van der Waals surface area contributed by atoms with Crippen molar-refractivity contribution in [2.75, 3.05) is 5.32 Å². The third-order valence-electron chi connectivity index (χ3n) is 2.97. The fourth-order valence-corrected chi connectivity index (χ4v) is 1.88. The molecule has 1 aromatic carbocycles. The minimum atomic E-state index is -0.316. The SMILES string of the molecule is O=C1CCC(C(=O)Nc2ccc(-n3cncn3)cc2)=NN1. The number of aromatic nitrogens is 3. The smallest absolute Gasteiger partial charge is 0.271 e. The highest BCUT2D eigenvalue weighted by atomic mass is 16.2. The number of carbonyl (C=O) groups is 2. The van der Waals surface area contributed by atoms with Crippen LogP contribution in [0.3, 0.4) is 0 Å². The molecular weight excluding hydrogens is 272 g/mol. The fraction of sp³-hybridized carbons (Fsp3) is 0.154. The summed E-state index contributed by atoms with van der Waals surface area (Å²) in [4.78, 5) is 26.8. The summed E-state index contributed by atoms with van der Waals surface area (Å²) >= 11 is 0. The number of hydrazone groups is 1. The molecule has 0 aliphatic carbocycles. The highest BCUT2D eigenvalue weighted by molar-refractivity contribution is 6.43. The number of amides is 2. The molecule has 0 saturated carbocycles. The van der Waals surface area contributed by atoms with E-state index in [0.717, 1.165) is 5.69 Å². The largest absolute Gasteiger partial charge is 0.321 e. The topological polar surface area (TPSA) is 101 Å². The second-order valence-electron chi connectivity index (χ2n) is 4.43. The monoisotopic (exact) mass is 284 g/mol. The Kier molecular flexibility index (Phi) is 3.42. The lowest BCUT2D eigenvalue weighted by atomic mass is 10.1. The summed E-state index contributed by atoms with van der Waals surface area (Å²) in [5.74, 6) is -0.493. The molecule has 1 aliphatic rings. The summed E-state index contributed by atoms with van der Waals surface area (Å²) in [5.41, 5.74) is 4.09. The van der Waals surface area contributed by atoms with Gasteiger partial charge in [0.15, 0.2) is 0 Å². The van der Waals surface area contributed by atoms with Crippen molar-refractivity contribution in [2.24, 2.45) is 5.10 Å². The Morgan fingerprint density at radius 2 is 2.05 bits per heavy atom. The van der Waals surface area contributed by atoms with Gasteiger partial charge in [0.05, 0.1) is 5.69 Å². The van der Waals surface area contributed by atoms with E-state index in [-0.39, 0.29) is 18.2 Å². The molecule has 2 aromatic rings. The van der Waals surface area contributed by atoms with Crippen molar-refractivity contribution >= 4 is 23.2 Å². The van der Waals surface area contributed by atoms with E-state index in [1.54, 1.807) is 23.1 Å². The molecule has 8 heteroatoms. The number of anilines is 1. The van der Waals surface area contributed by atoms with E-state index in [1.807, 2.05) is 12.1 Å². The number of benzene rings is 1. The van der Waals surface area contributed by atoms with Crippen molar-refractivity contribution in [3.63, 3.8) is 0 Å². The lowest BCUT2D eigenvalue weighted by Gasteiger charge is -2.12. The van der Waals surface area contributed by atoms with Gasteiger partial charge in [0.25, 0.3) is 5.91 Å². The van der Waals surface area contributed by atoms with Gasteiger partial charge in [-0.15, -0.1) is 0 Å². The van der Waals surface area contributed by atoms with E-state index in [0.29, 0.717) is 17.8 Å². The summed E-state index contributed by atoms with van der Waals surface area (Å²) in [6, 6.07) is 7.15. The number of carbonyl (C=O) groups excluding carboxylic acids is 2. The van der Waals surface area contributed by atoms with Crippen molar-refractivity contribution in [1.82, 2.24) is 20.2 Å². The Bertz CT molecular complexity index is 690. The van der Waals surface area contributed by atoms with E-state index in [2.05, 4.69) is 25.9 Å². The molecule has 0 radical (unpaired) electrons. The van der Waals surface area contributed by atoms with E-state index in [1.165, 1.54) is 6.33 Å². The fourth-order valence-electron chi connectivity index (χ4n) is 1.88. The van der Waals surface area contributed by atoms with Gasteiger partial charge in [-0.3, -0.25) is 9.59 Å². The van der Waals surface area contributed by atoms with Crippen LogP contribution in [0.4, 0.5) is 5.69 Å². The van der Waals surface area contributed by atoms with Crippen LogP contribution in [-0.4, -0.2) is 32.3 Å². The van der Waals surface area contributed by atoms with Crippen LogP contribution >= 0.6 is 0 Å². The van der Waals surface area contributed by atoms with Crippen molar-refractivity contribution < 1.29 is 9.59 Å². The summed E-state index contributed by atoms with van der Waals surface area (Å²) in [5, 5.41) is 10.5. The molecule has 0 saturated heterocycles. The van der Waals surface area contributed by atoms with Gasteiger partial charge in [0.1, 0.15) is 18.4 Å². The Labute approximate surface area is 119 Å². The minimum Gasteiger partial charge on any atom is -0.321 e. The molecule has 0 bridgehead atoms. The highest BCUT2D eigenvalue weighted by Gasteiger charge is 2.18. The zero-order chi connectivity index (χ0) is 14.7. The van der Waals surface area contributed by atoms with Crippen molar-refractivity contribution in [2.45, 2.75) is 12.8 Å². The zero-order valence-electron chi connectivity index (χ0n) is 11.0. The first-order valence-corrected chi connectivity index (χ1v) is 6.34. The zero-order valence-corrected chi connectivity index (χ0v) is 11.0. The lowest BCUT2D eigenvalue weighted by molar-refractivity contribution is -0.121. The van der Waals surface area contributed by atoms with Gasteiger partial charge in [-0.1, -0.05) is 0 Å². The maximum atomic E-state index is 12.0. The molecule has 1 aromatic heterocycles. The van der Waals surface area contributed by atoms with Gasteiger partial charge in [-0.05, 0) is 24.3 Å². The Hall–Kier alpha value is -3.03. The Morgan fingerprint density at radius 1 is 1.24 bits per heavy atom. The maximum absolute atomic E-state index is 12.0. The van der Waals surface area contributed by atoms with Crippen LogP contribution in [0.5, 0.6) is 0 Å². The second-order valence-corrected chi connectivity index (χ2v) is 4.43. The molecule has 2 heterocycles. The van der Waals surface area contributed by atoms with Crippen LogP contribution in [0.2, 0.25) is 0 Å². The summed E-state index contributed by atoms with van der Waals surface area (Å²) in [6.07, 6.45) is 3.66. The van der Waals surface area contributed by atoms with Gasteiger partial charge in [-0.2, -0.15) is 10.2 Å². The first kappa shape index (κ1) is 13.0. The van der Waals surface area contributed by atoms with Crippen LogP contribution in [0.1, 0.15) is 12.8 Å². The average Bonchev–Trinajstić information content (AvgIpc) is 3.03. The molecule has 106 valence electrons. The molecule has 2 amide bonds. The molecular formula is C13H12N6O2.